The molecule has 0 atom stereocenters. The Morgan fingerprint density at radius 2 is 2.64 bits per heavy atom. The van der Waals surface area contributed by atoms with E-state index in [2.05, 4.69) is 16.1 Å². The molecule has 2 N–H and O–H groups in total. The van der Waals surface area contributed by atoms with Gasteiger partial charge in [-0.2, -0.15) is 5.10 Å². The Hall–Kier alpha value is -1.25. The summed E-state index contributed by atoms with van der Waals surface area (Å²) in [5.41, 5.74) is 5.51. The van der Waals surface area contributed by atoms with Crippen LogP contribution in [0.25, 0.3) is 0 Å². The normalized spacial score (nSPS) is 11.8. The van der Waals surface area contributed by atoms with E-state index in [-0.39, 0.29) is 0 Å². The number of rotatable bonds is 3. The fourth-order valence-corrected chi connectivity index (χ4v) is 1.57. The zero-order valence-electron chi connectivity index (χ0n) is 7.38. The maximum atomic E-state index is 5.51. The van der Waals surface area contributed by atoms with Crippen molar-refractivity contribution in [1.29, 1.82) is 0 Å². The highest BCUT2D eigenvalue weighted by Gasteiger charge is 1.89. The van der Waals surface area contributed by atoms with E-state index >= 15 is 0 Å². The average molecular weight is 223 g/mol. The largest absolute Gasteiger partial charge is 0.377 e. The summed E-state index contributed by atoms with van der Waals surface area (Å²) in [4.78, 5) is 1.04. The molecule has 3 nitrogen and oxygen atoms in total. The number of nitrogens with zero attached hydrogens (tertiary/aromatic N) is 2. The molecule has 0 radical (unpaired) electrons. The molecule has 0 unspecified atom stereocenters. The Morgan fingerprint density at radius 1 is 1.79 bits per heavy atom. The number of thiophene rings is 1. The van der Waals surface area contributed by atoms with Crippen LogP contribution in [0.3, 0.4) is 0 Å². The molecule has 72 valence electrons. The molecule has 0 aromatic carbocycles. The van der Waals surface area contributed by atoms with E-state index in [9.17, 15) is 0 Å². The van der Waals surface area contributed by atoms with Crippen LogP contribution in [-0.2, 0) is 0 Å². The molecule has 0 aliphatic heterocycles. The lowest BCUT2D eigenvalue weighted by molar-refractivity contribution is 1.25. The summed E-state index contributed by atoms with van der Waals surface area (Å²) in [6.07, 6.45) is 6.73. The van der Waals surface area contributed by atoms with Crippen LogP contribution in [0.5, 0.6) is 0 Å². The third-order valence-corrected chi connectivity index (χ3v) is 2.68. The van der Waals surface area contributed by atoms with Gasteiger partial charge in [0, 0.05) is 4.88 Å². The Labute approximate surface area is 91.1 Å². The highest BCUT2D eigenvalue weighted by Crippen LogP contribution is 2.05. The minimum absolute atomic E-state index is 0.385. The lowest BCUT2D eigenvalue weighted by Gasteiger charge is -1.90. The zero-order chi connectivity index (χ0) is 10.2. The summed E-state index contributed by atoms with van der Waals surface area (Å²) in [5.74, 6) is 2.97. The van der Waals surface area contributed by atoms with E-state index in [0.717, 1.165) is 4.88 Å². The lowest BCUT2D eigenvalue weighted by Crippen LogP contribution is -2.05. The van der Waals surface area contributed by atoms with Crippen LogP contribution in [0.1, 0.15) is 4.88 Å². The second-order valence-corrected chi connectivity index (χ2v) is 4.17. The summed E-state index contributed by atoms with van der Waals surface area (Å²) < 4.78 is 0. The van der Waals surface area contributed by atoms with Crippen LogP contribution in [0, 0.1) is 12.3 Å². The van der Waals surface area contributed by atoms with Crippen LogP contribution < -0.4 is 5.73 Å². The lowest BCUT2D eigenvalue weighted by atomic mass is 10.5. The molecule has 0 fully saturated rings. The predicted molar refractivity (Wildman–Crippen MR) is 64.8 cm³/mol. The topological polar surface area (TPSA) is 50.7 Å². The third kappa shape index (κ3) is 4.12. The van der Waals surface area contributed by atoms with Gasteiger partial charge >= 0.3 is 0 Å². The van der Waals surface area contributed by atoms with Crippen molar-refractivity contribution in [3.63, 3.8) is 0 Å². The molecular formula is C9H9N3S2. The molecule has 1 aromatic rings. The molecule has 0 bridgehead atoms. The van der Waals surface area contributed by atoms with Gasteiger partial charge in [0.1, 0.15) is 0 Å². The van der Waals surface area contributed by atoms with Crippen molar-refractivity contribution in [2.75, 3.05) is 5.75 Å². The van der Waals surface area contributed by atoms with E-state index < -0.39 is 0 Å². The Bertz CT molecular complexity index is 360. The molecule has 1 heterocycles. The highest BCUT2D eigenvalue weighted by molar-refractivity contribution is 8.13. The molecule has 1 rings (SSSR count). The predicted octanol–water partition coefficient (Wildman–Crippen LogP) is 1.76. The second-order valence-electron chi connectivity index (χ2n) is 2.19. The molecule has 0 aliphatic rings. The van der Waals surface area contributed by atoms with Crippen molar-refractivity contribution in [3.8, 4) is 12.3 Å². The third-order valence-electron chi connectivity index (χ3n) is 1.19. The fraction of sp³-hybridized carbons (Fsp3) is 0.111. The van der Waals surface area contributed by atoms with E-state index in [1.165, 1.54) is 11.8 Å². The number of hydrogen-bond donors (Lipinski definition) is 1. The highest BCUT2D eigenvalue weighted by atomic mass is 32.2. The van der Waals surface area contributed by atoms with Crippen LogP contribution in [0.4, 0.5) is 0 Å². The standard InChI is InChI=1S/C9H9N3S2/c1-2-5-14-9(10)12-11-7-8-4-3-6-13-8/h1,3-4,6-7H,5H2,(H2,10,12)/b11-7+. The zero-order valence-corrected chi connectivity index (χ0v) is 9.02. The first-order valence-corrected chi connectivity index (χ1v) is 5.65. The number of nitrogens with two attached hydrogens (primary N) is 1. The molecular weight excluding hydrogens is 214 g/mol. The number of amidine groups is 1. The SMILES string of the molecule is C#CCS/C(N)=N\N=C\c1cccs1. The number of terminal acetylenes is 1. The monoisotopic (exact) mass is 223 g/mol. The number of hydrogen-bond acceptors (Lipinski definition) is 4. The van der Waals surface area contributed by atoms with Gasteiger partial charge in [-0.3, -0.25) is 0 Å². The summed E-state index contributed by atoms with van der Waals surface area (Å²) >= 11 is 2.89. The maximum absolute atomic E-state index is 5.51. The van der Waals surface area contributed by atoms with Crippen molar-refractivity contribution in [1.82, 2.24) is 0 Å². The van der Waals surface area contributed by atoms with Crippen molar-refractivity contribution < 1.29 is 0 Å². The molecule has 0 aliphatic carbocycles. The molecule has 5 heteroatoms. The van der Waals surface area contributed by atoms with Crippen molar-refractivity contribution in [3.05, 3.63) is 22.4 Å². The minimum Gasteiger partial charge on any atom is -0.377 e. The van der Waals surface area contributed by atoms with Gasteiger partial charge in [0.15, 0.2) is 5.17 Å². The smallest absolute Gasteiger partial charge is 0.181 e. The van der Waals surface area contributed by atoms with Crippen LogP contribution in [-0.4, -0.2) is 17.1 Å². The molecule has 0 saturated heterocycles. The fourth-order valence-electron chi connectivity index (χ4n) is 0.652. The van der Waals surface area contributed by atoms with Gasteiger partial charge in [0.25, 0.3) is 0 Å². The second kappa shape index (κ2) is 6.24. The van der Waals surface area contributed by atoms with Crippen LogP contribution in [0.2, 0.25) is 0 Å². The summed E-state index contributed by atoms with van der Waals surface area (Å²) in [6.45, 7) is 0. The van der Waals surface area contributed by atoms with Crippen molar-refractivity contribution in [2.45, 2.75) is 0 Å². The van der Waals surface area contributed by atoms with Gasteiger partial charge in [0.05, 0.1) is 12.0 Å². The van der Waals surface area contributed by atoms with Gasteiger partial charge < -0.3 is 5.73 Å². The first-order valence-electron chi connectivity index (χ1n) is 3.79. The van der Waals surface area contributed by atoms with Gasteiger partial charge in [-0.15, -0.1) is 22.9 Å². The van der Waals surface area contributed by atoms with Gasteiger partial charge in [-0.1, -0.05) is 23.7 Å². The minimum atomic E-state index is 0.385. The Kier molecular flexibility index (Phi) is 4.83. The molecule has 0 spiro atoms. The van der Waals surface area contributed by atoms with Crippen molar-refractivity contribution >= 4 is 34.5 Å². The summed E-state index contributed by atoms with van der Waals surface area (Å²) in [5, 5.41) is 9.96. The van der Waals surface area contributed by atoms with E-state index in [4.69, 9.17) is 12.2 Å². The van der Waals surface area contributed by atoms with Crippen LogP contribution >= 0.6 is 23.1 Å². The summed E-state index contributed by atoms with van der Waals surface area (Å²) in [7, 11) is 0. The van der Waals surface area contributed by atoms with E-state index in [1.807, 2.05) is 17.5 Å². The first-order chi connectivity index (χ1) is 6.83. The molecule has 0 amide bonds. The summed E-state index contributed by atoms with van der Waals surface area (Å²) in [6, 6.07) is 3.90. The Morgan fingerprint density at radius 3 is 3.29 bits per heavy atom. The quantitative estimate of drug-likeness (QED) is 0.367. The molecule has 14 heavy (non-hydrogen) atoms. The van der Waals surface area contributed by atoms with E-state index in [0.29, 0.717) is 10.9 Å². The molecule has 0 saturated carbocycles. The number of thioether (sulfide) groups is 1. The Balaban J connectivity index is 2.42. The van der Waals surface area contributed by atoms with Crippen molar-refractivity contribution in [2.24, 2.45) is 15.9 Å². The van der Waals surface area contributed by atoms with Gasteiger partial charge in [0.2, 0.25) is 0 Å². The maximum Gasteiger partial charge on any atom is 0.181 e. The van der Waals surface area contributed by atoms with Gasteiger partial charge in [-0.05, 0) is 11.4 Å². The van der Waals surface area contributed by atoms with E-state index in [1.54, 1.807) is 17.6 Å². The average Bonchev–Trinajstić information content (AvgIpc) is 2.67. The first kappa shape index (κ1) is 10.8. The van der Waals surface area contributed by atoms with Crippen LogP contribution in [0.15, 0.2) is 27.7 Å². The molecule has 1 aromatic heterocycles. The van der Waals surface area contributed by atoms with Gasteiger partial charge in [-0.25, -0.2) is 0 Å².